The molecular weight excluding hydrogens is 286 g/mol. The molecule has 1 aliphatic heterocycles. The van der Waals surface area contributed by atoms with Crippen molar-refractivity contribution in [2.45, 2.75) is 12.8 Å². The number of hydrogen-bond acceptors (Lipinski definition) is 5. The summed E-state index contributed by atoms with van der Waals surface area (Å²) in [5, 5.41) is 13.9. The molecule has 3 rings (SSSR count). The normalized spacial score (nSPS) is 22.9. The van der Waals surface area contributed by atoms with Crippen molar-refractivity contribution in [1.82, 2.24) is 0 Å². The maximum atomic E-state index is 12.3. The first kappa shape index (κ1) is 14.4. The van der Waals surface area contributed by atoms with E-state index in [0.29, 0.717) is 43.2 Å². The predicted octanol–water partition coefficient (Wildman–Crippen LogP) is 0.729. The number of carboxylic acids is 1. The zero-order chi connectivity index (χ0) is 15.5. The summed E-state index contributed by atoms with van der Waals surface area (Å²) in [6.45, 7) is 0.963. The van der Waals surface area contributed by atoms with E-state index >= 15 is 0 Å². The molecule has 1 heterocycles. The molecule has 0 unspecified atom stereocenters. The first-order valence-electron chi connectivity index (χ1n) is 7.21. The summed E-state index contributed by atoms with van der Waals surface area (Å²) in [7, 11) is 0. The monoisotopic (exact) mass is 302 g/mol. The summed E-state index contributed by atoms with van der Waals surface area (Å²) in [5.41, 5.74) is 0.556. The molecule has 0 spiro atoms. The summed E-state index contributed by atoms with van der Waals surface area (Å²) < 4.78 is 10.9. The molecule has 1 aliphatic carbocycles. The lowest BCUT2D eigenvalue weighted by Gasteiger charge is -2.28. The van der Waals surface area contributed by atoms with Crippen LogP contribution in [0, 0.1) is 11.8 Å². The van der Waals surface area contributed by atoms with Gasteiger partial charge in [-0.3, -0.25) is 4.79 Å². The summed E-state index contributed by atoms with van der Waals surface area (Å²) in [5.74, 6) is -1.71. The number of amides is 1. The van der Waals surface area contributed by atoms with Gasteiger partial charge in [0.15, 0.2) is 11.5 Å². The quantitative estimate of drug-likeness (QED) is 0.832. The van der Waals surface area contributed by atoms with Crippen LogP contribution >= 0.6 is 0 Å². The number of carbonyl (C=O) groups excluding carboxylic acids is 2. The molecule has 116 valence electrons. The van der Waals surface area contributed by atoms with Crippen LogP contribution in [0.1, 0.15) is 12.8 Å². The van der Waals surface area contributed by atoms with Gasteiger partial charge in [-0.05, 0) is 25.0 Å². The zero-order valence-electron chi connectivity index (χ0n) is 11.9. The second-order valence-corrected chi connectivity index (χ2v) is 5.32. The molecular formula is C16H16NO5-. The second-order valence-electron chi connectivity index (χ2n) is 5.32. The van der Waals surface area contributed by atoms with Gasteiger partial charge in [0.05, 0.1) is 5.92 Å². The smallest absolute Gasteiger partial charge is 0.228 e. The number of ether oxygens (including phenoxy) is 2. The molecule has 0 fully saturated rings. The van der Waals surface area contributed by atoms with Crippen molar-refractivity contribution in [1.29, 1.82) is 0 Å². The van der Waals surface area contributed by atoms with Gasteiger partial charge in [-0.1, -0.05) is 12.2 Å². The Morgan fingerprint density at radius 1 is 1.05 bits per heavy atom. The van der Waals surface area contributed by atoms with Crippen molar-refractivity contribution in [3.8, 4) is 11.5 Å². The van der Waals surface area contributed by atoms with Crippen LogP contribution in [0.4, 0.5) is 5.69 Å². The largest absolute Gasteiger partial charge is 0.550 e. The fraction of sp³-hybridized carbons (Fsp3) is 0.375. The van der Waals surface area contributed by atoms with Crippen LogP contribution in [0.15, 0.2) is 30.4 Å². The van der Waals surface area contributed by atoms with Crippen molar-refractivity contribution in [2.24, 2.45) is 11.8 Å². The van der Waals surface area contributed by atoms with E-state index in [4.69, 9.17) is 9.47 Å². The lowest BCUT2D eigenvalue weighted by atomic mass is 9.82. The summed E-state index contributed by atoms with van der Waals surface area (Å²) >= 11 is 0. The van der Waals surface area contributed by atoms with E-state index in [2.05, 4.69) is 5.32 Å². The number of aliphatic carboxylic acids is 1. The maximum Gasteiger partial charge on any atom is 0.228 e. The van der Waals surface area contributed by atoms with Gasteiger partial charge >= 0.3 is 0 Å². The number of benzene rings is 1. The highest BCUT2D eigenvalue weighted by Gasteiger charge is 2.30. The number of nitrogens with one attached hydrogen (secondary N) is 1. The lowest BCUT2D eigenvalue weighted by molar-refractivity contribution is -0.313. The molecule has 2 aliphatic rings. The van der Waals surface area contributed by atoms with Crippen LogP contribution in [0.2, 0.25) is 0 Å². The number of rotatable bonds is 3. The van der Waals surface area contributed by atoms with E-state index in [1.807, 2.05) is 6.08 Å². The summed E-state index contributed by atoms with van der Waals surface area (Å²) in [6, 6.07) is 5.11. The third kappa shape index (κ3) is 2.90. The number of carbonyl (C=O) groups is 2. The van der Waals surface area contributed by atoms with Gasteiger partial charge in [0.25, 0.3) is 0 Å². The molecule has 0 aromatic heterocycles. The van der Waals surface area contributed by atoms with Crippen molar-refractivity contribution >= 4 is 17.6 Å². The van der Waals surface area contributed by atoms with Gasteiger partial charge in [0.1, 0.15) is 13.2 Å². The highest BCUT2D eigenvalue weighted by Crippen LogP contribution is 2.33. The number of hydrogen-bond donors (Lipinski definition) is 1. The van der Waals surface area contributed by atoms with Crippen LogP contribution in [-0.4, -0.2) is 25.1 Å². The van der Waals surface area contributed by atoms with Crippen LogP contribution in [0.5, 0.6) is 11.5 Å². The zero-order valence-corrected chi connectivity index (χ0v) is 11.9. The first-order valence-corrected chi connectivity index (χ1v) is 7.21. The van der Waals surface area contributed by atoms with Gasteiger partial charge in [-0.2, -0.15) is 0 Å². The third-order valence-electron chi connectivity index (χ3n) is 3.88. The standard InChI is InChI=1S/C16H17NO5/c18-15(11-3-1-2-4-12(11)16(19)20)17-10-5-6-13-14(9-10)22-8-7-21-13/h1-2,5-6,9,11-12H,3-4,7-8H2,(H,17,18)(H,19,20)/p-1/t11-,12+/m0/s1. The Bertz CT molecular complexity index is 625. The average molecular weight is 302 g/mol. The number of fused-ring (bicyclic) bond motifs is 1. The molecule has 0 saturated heterocycles. The second kappa shape index (κ2) is 6.09. The molecule has 6 nitrogen and oxygen atoms in total. The molecule has 1 N–H and O–H groups in total. The fourth-order valence-electron chi connectivity index (χ4n) is 2.72. The Kier molecular flexibility index (Phi) is 4.00. The summed E-state index contributed by atoms with van der Waals surface area (Å²) in [6.07, 6.45) is 4.32. The van der Waals surface area contributed by atoms with E-state index in [0.717, 1.165) is 0 Å². The molecule has 1 amide bonds. The minimum atomic E-state index is -1.19. The lowest BCUT2D eigenvalue weighted by Crippen LogP contribution is -2.41. The maximum absolute atomic E-state index is 12.3. The van der Waals surface area contributed by atoms with Crippen LogP contribution in [0.3, 0.4) is 0 Å². The molecule has 0 saturated carbocycles. The molecule has 6 heteroatoms. The van der Waals surface area contributed by atoms with Gasteiger partial charge in [0.2, 0.25) is 5.91 Å². The van der Waals surface area contributed by atoms with Gasteiger partial charge in [-0.25, -0.2) is 0 Å². The molecule has 0 radical (unpaired) electrons. The van der Waals surface area contributed by atoms with E-state index in [9.17, 15) is 14.7 Å². The molecule has 2 atom stereocenters. The molecule has 0 bridgehead atoms. The van der Waals surface area contributed by atoms with E-state index < -0.39 is 17.8 Å². The van der Waals surface area contributed by atoms with E-state index in [1.165, 1.54) is 0 Å². The van der Waals surface area contributed by atoms with Crippen LogP contribution in [0.25, 0.3) is 0 Å². The van der Waals surface area contributed by atoms with Crippen LogP contribution < -0.4 is 19.9 Å². The Morgan fingerprint density at radius 3 is 2.45 bits per heavy atom. The van der Waals surface area contributed by atoms with Gasteiger partial charge in [-0.15, -0.1) is 0 Å². The SMILES string of the molecule is O=C(Nc1ccc2c(c1)OCCO2)[C@H]1CC=CC[C@H]1C(=O)[O-]. The highest BCUT2D eigenvalue weighted by atomic mass is 16.6. The Morgan fingerprint density at radius 2 is 1.73 bits per heavy atom. The first-order chi connectivity index (χ1) is 10.6. The van der Waals surface area contributed by atoms with Crippen LogP contribution in [-0.2, 0) is 9.59 Å². The van der Waals surface area contributed by atoms with Crippen molar-refractivity contribution < 1.29 is 24.2 Å². The van der Waals surface area contributed by atoms with E-state index in [-0.39, 0.29) is 5.91 Å². The fourth-order valence-corrected chi connectivity index (χ4v) is 2.72. The Balaban J connectivity index is 1.73. The van der Waals surface area contributed by atoms with Crippen molar-refractivity contribution in [2.75, 3.05) is 18.5 Å². The van der Waals surface area contributed by atoms with Gasteiger partial charge in [0, 0.05) is 23.6 Å². The Labute approximate surface area is 127 Å². The van der Waals surface area contributed by atoms with Crippen molar-refractivity contribution in [3.63, 3.8) is 0 Å². The molecule has 1 aromatic rings. The molecule has 22 heavy (non-hydrogen) atoms. The average Bonchev–Trinajstić information content (AvgIpc) is 2.54. The van der Waals surface area contributed by atoms with Gasteiger partial charge < -0.3 is 24.7 Å². The minimum Gasteiger partial charge on any atom is -0.550 e. The third-order valence-corrected chi connectivity index (χ3v) is 3.88. The molecule has 1 aromatic carbocycles. The van der Waals surface area contributed by atoms with E-state index in [1.54, 1.807) is 24.3 Å². The number of carboxylic acid groups (broad SMARTS) is 1. The van der Waals surface area contributed by atoms with Crippen molar-refractivity contribution in [3.05, 3.63) is 30.4 Å². The Hall–Kier alpha value is -2.50. The minimum absolute atomic E-state index is 0.321. The predicted molar refractivity (Wildman–Crippen MR) is 76.4 cm³/mol. The topological polar surface area (TPSA) is 87.7 Å². The summed E-state index contributed by atoms with van der Waals surface area (Å²) in [4.78, 5) is 23.5. The number of allylic oxidation sites excluding steroid dienone is 2. The number of anilines is 1. The highest BCUT2D eigenvalue weighted by molar-refractivity contribution is 5.95.